The second-order valence-corrected chi connectivity index (χ2v) is 3.43. The lowest BCUT2D eigenvalue weighted by atomic mass is 9.92. The summed E-state index contributed by atoms with van der Waals surface area (Å²) in [6.45, 7) is 1.93. The molecule has 0 spiro atoms. The second kappa shape index (κ2) is 5.47. The largest absolute Gasteiger partial charge is 0.312 e. The van der Waals surface area contributed by atoms with E-state index in [0.717, 1.165) is 0 Å². The minimum atomic E-state index is -0.259. The van der Waals surface area contributed by atoms with E-state index in [4.69, 9.17) is 5.26 Å². The molecule has 0 radical (unpaired) electrons. The van der Waals surface area contributed by atoms with E-state index in [1.54, 1.807) is 25.2 Å². The van der Waals surface area contributed by atoms with E-state index < -0.39 is 0 Å². The van der Waals surface area contributed by atoms with Crippen molar-refractivity contribution < 1.29 is 4.39 Å². The molecule has 15 heavy (non-hydrogen) atoms. The van der Waals surface area contributed by atoms with Crippen LogP contribution >= 0.6 is 0 Å². The third-order valence-electron chi connectivity index (χ3n) is 2.56. The molecule has 0 aromatic heterocycles. The Bertz CT molecular complexity index is 357. The van der Waals surface area contributed by atoms with Crippen molar-refractivity contribution in [3.05, 3.63) is 35.6 Å². The van der Waals surface area contributed by atoms with Crippen molar-refractivity contribution in [1.82, 2.24) is 5.32 Å². The zero-order valence-corrected chi connectivity index (χ0v) is 9.00. The van der Waals surface area contributed by atoms with Gasteiger partial charge in [-0.2, -0.15) is 5.26 Å². The van der Waals surface area contributed by atoms with Gasteiger partial charge in [-0.25, -0.2) is 4.39 Å². The Balaban J connectivity index is 3.03. The lowest BCUT2D eigenvalue weighted by Crippen LogP contribution is -2.25. The Morgan fingerprint density at radius 3 is 2.60 bits per heavy atom. The van der Waals surface area contributed by atoms with Crippen LogP contribution < -0.4 is 5.32 Å². The molecular formula is C12H15FN2. The molecule has 0 aliphatic carbocycles. The topological polar surface area (TPSA) is 35.8 Å². The summed E-state index contributed by atoms with van der Waals surface area (Å²) in [4.78, 5) is 0. The van der Waals surface area contributed by atoms with E-state index in [1.165, 1.54) is 6.07 Å². The first-order chi connectivity index (χ1) is 7.24. The predicted molar refractivity (Wildman–Crippen MR) is 57.6 cm³/mol. The molecule has 1 aromatic carbocycles. The van der Waals surface area contributed by atoms with Crippen molar-refractivity contribution in [3.8, 4) is 6.07 Å². The van der Waals surface area contributed by atoms with Crippen LogP contribution in [0.15, 0.2) is 24.3 Å². The fourth-order valence-electron chi connectivity index (χ4n) is 1.70. The molecule has 2 atom stereocenters. The molecule has 1 N–H and O–H groups in total. The van der Waals surface area contributed by atoms with Crippen LogP contribution in [0, 0.1) is 23.1 Å². The molecule has 1 aromatic rings. The molecule has 80 valence electrons. The van der Waals surface area contributed by atoms with Crippen LogP contribution in [0.2, 0.25) is 0 Å². The Kier molecular flexibility index (Phi) is 4.26. The lowest BCUT2D eigenvalue weighted by Gasteiger charge is -2.21. The molecular weight excluding hydrogens is 191 g/mol. The van der Waals surface area contributed by atoms with E-state index in [1.807, 2.05) is 6.92 Å². The summed E-state index contributed by atoms with van der Waals surface area (Å²) in [6, 6.07) is 8.54. The zero-order valence-electron chi connectivity index (χ0n) is 9.00. The number of nitriles is 1. The molecule has 0 saturated carbocycles. The maximum atomic E-state index is 13.5. The van der Waals surface area contributed by atoms with Crippen LogP contribution in [0.5, 0.6) is 0 Å². The highest BCUT2D eigenvalue weighted by atomic mass is 19.1. The molecule has 3 heteroatoms. The highest BCUT2D eigenvalue weighted by molar-refractivity contribution is 5.23. The molecule has 1 rings (SSSR count). The van der Waals surface area contributed by atoms with Gasteiger partial charge < -0.3 is 5.32 Å². The maximum absolute atomic E-state index is 13.5. The average Bonchev–Trinajstić information content (AvgIpc) is 2.27. The highest BCUT2D eigenvalue weighted by Gasteiger charge is 2.22. The molecule has 0 bridgehead atoms. The predicted octanol–water partition coefficient (Wildman–Crippen LogP) is 2.64. The normalized spacial score (nSPS) is 14.3. The second-order valence-electron chi connectivity index (χ2n) is 3.43. The maximum Gasteiger partial charge on any atom is 0.128 e. The van der Waals surface area contributed by atoms with Crippen LogP contribution in [-0.2, 0) is 0 Å². The number of rotatable bonds is 4. The van der Waals surface area contributed by atoms with Crippen molar-refractivity contribution in [2.45, 2.75) is 19.4 Å². The first-order valence-electron chi connectivity index (χ1n) is 5.05. The van der Waals surface area contributed by atoms with Crippen molar-refractivity contribution in [2.24, 2.45) is 5.92 Å². The van der Waals surface area contributed by atoms with E-state index in [9.17, 15) is 4.39 Å². The Hall–Kier alpha value is -1.40. The van der Waals surface area contributed by atoms with Gasteiger partial charge in [0.2, 0.25) is 0 Å². The SMILES string of the molecule is CCC(C#N)C(NC)c1ccccc1F. The Morgan fingerprint density at radius 1 is 1.47 bits per heavy atom. The van der Waals surface area contributed by atoms with E-state index in [-0.39, 0.29) is 17.8 Å². The number of nitrogens with zero attached hydrogens (tertiary/aromatic N) is 1. The molecule has 0 heterocycles. The average molecular weight is 206 g/mol. The van der Waals surface area contributed by atoms with Gasteiger partial charge in [-0.15, -0.1) is 0 Å². The summed E-state index contributed by atoms with van der Waals surface area (Å²) in [5.74, 6) is -0.461. The molecule has 0 fully saturated rings. The fourth-order valence-corrected chi connectivity index (χ4v) is 1.70. The van der Waals surface area contributed by atoms with Gasteiger partial charge in [-0.1, -0.05) is 25.1 Å². The lowest BCUT2D eigenvalue weighted by molar-refractivity contribution is 0.430. The Morgan fingerprint density at radius 2 is 2.13 bits per heavy atom. The molecule has 0 aliphatic rings. The van der Waals surface area contributed by atoms with Crippen molar-refractivity contribution in [1.29, 1.82) is 5.26 Å². The van der Waals surface area contributed by atoms with Crippen molar-refractivity contribution >= 4 is 0 Å². The first-order valence-corrected chi connectivity index (χ1v) is 5.05. The van der Waals surface area contributed by atoms with Gasteiger partial charge in [0.25, 0.3) is 0 Å². The molecule has 0 amide bonds. The van der Waals surface area contributed by atoms with E-state index >= 15 is 0 Å². The van der Waals surface area contributed by atoms with Crippen LogP contribution in [0.3, 0.4) is 0 Å². The Labute approximate surface area is 89.7 Å². The summed E-state index contributed by atoms with van der Waals surface area (Å²) in [5, 5.41) is 12.0. The van der Waals surface area contributed by atoms with Crippen LogP contribution in [0.1, 0.15) is 24.9 Å². The van der Waals surface area contributed by atoms with Gasteiger partial charge in [0.15, 0.2) is 0 Å². The standard InChI is InChI=1S/C12H15FN2/c1-3-9(8-14)12(15-2)10-6-4-5-7-11(10)13/h4-7,9,12,15H,3H2,1-2H3. The van der Waals surface area contributed by atoms with Crippen molar-refractivity contribution in [3.63, 3.8) is 0 Å². The van der Waals surface area contributed by atoms with Gasteiger partial charge in [0, 0.05) is 5.56 Å². The van der Waals surface area contributed by atoms with Gasteiger partial charge in [0.1, 0.15) is 5.82 Å². The number of halogens is 1. The summed E-state index contributed by atoms with van der Waals surface area (Å²) in [6.07, 6.45) is 0.705. The number of hydrogen-bond acceptors (Lipinski definition) is 2. The summed E-state index contributed by atoms with van der Waals surface area (Å²) < 4.78 is 13.5. The summed E-state index contributed by atoms with van der Waals surface area (Å²) in [5.41, 5.74) is 0.563. The van der Waals surface area contributed by atoms with Gasteiger partial charge in [0.05, 0.1) is 18.0 Å². The monoisotopic (exact) mass is 206 g/mol. The molecule has 2 nitrogen and oxygen atoms in total. The van der Waals surface area contributed by atoms with E-state index in [0.29, 0.717) is 12.0 Å². The number of benzene rings is 1. The van der Waals surface area contributed by atoms with Gasteiger partial charge >= 0.3 is 0 Å². The quantitative estimate of drug-likeness (QED) is 0.822. The van der Waals surface area contributed by atoms with Crippen LogP contribution in [0.4, 0.5) is 4.39 Å². The first kappa shape index (κ1) is 11.7. The smallest absolute Gasteiger partial charge is 0.128 e. The minimum absolute atomic E-state index is 0.202. The fraction of sp³-hybridized carbons (Fsp3) is 0.417. The van der Waals surface area contributed by atoms with Crippen LogP contribution in [-0.4, -0.2) is 7.05 Å². The van der Waals surface area contributed by atoms with Crippen molar-refractivity contribution in [2.75, 3.05) is 7.05 Å². The van der Waals surface area contributed by atoms with Crippen LogP contribution in [0.25, 0.3) is 0 Å². The zero-order chi connectivity index (χ0) is 11.3. The number of hydrogen-bond donors (Lipinski definition) is 1. The third kappa shape index (κ3) is 2.54. The summed E-state index contributed by atoms with van der Waals surface area (Å²) >= 11 is 0. The molecule has 2 unspecified atom stereocenters. The van der Waals surface area contributed by atoms with Gasteiger partial charge in [-0.05, 0) is 19.5 Å². The summed E-state index contributed by atoms with van der Waals surface area (Å²) in [7, 11) is 1.75. The highest BCUT2D eigenvalue weighted by Crippen LogP contribution is 2.25. The molecule has 0 saturated heterocycles. The van der Waals surface area contributed by atoms with E-state index in [2.05, 4.69) is 11.4 Å². The third-order valence-corrected chi connectivity index (χ3v) is 2.56. The van der Waals surface area contributed by atoms with Gasteiger partial charge in [-0.3, -0.25) is 0 Å². The number of nitrogens with one attached hydrogen (secondary N) is 1. The minimum Gasteiger partial charge on any atom is -0.312 e. The molecule has 0 aliphatic heterocycles.